The van der Waals surface area contributed by atoms with E-state index in [0.29, 0.717) is 22.9 Å². The molecule has 7 heteroatoms. The summed E-state index contributed by atoms with van der Waals surface area (Å²) in [5, 5.41) is 4.12. The number of aromatic nitrogens is 2. The Labute approximate surface area is 199 Å². The molecule has 1 aliphatic carbocycles. The lowest BCUT2D eigenvalue weighted by Crippen LogP contribution is -2.27. The van der Waals surface area contributed by atoms with E-state index in [9.17, 15) is 0 Å². The number of rotatable bonds is 6. The number of halogens is 2. The first kappa shape index (κ1) is 24.4. The van der Waals surface area contributed by atoms with E-state index in [-0.39, 0.29) is 7.43 Å². The zero-order chi connectivity index (χ0) is 20.9. The molecule has 0 radical (unpaired) electrons. The highest BCUT2D eigenvalue weighted by molar-refractivity contribution is 9.10. The van der Waals surface area contributed by atoms with Crippen LogP contribution in [-0.2, 0) is 11.2 Å². The Bertz CT molecular complexity index is 851. The molecule has 31 heavy (non-hydrogen) atoms. The third-order valence-electron chi connectivity index (χ3n) is 6.32. The number of nitrogens with zero attached hydrogens (tertiary/aromatic N) is 2. The summed E-state index contributed by atoms with van der Waals surface area (Å²) in [6.45, 7) is 2.62. The summed E-state index contributed by atoms with van der Waals surface area (Å²) in [5.74, 6) is 2.15. The van der Waals surface area contributed by atoms with Gasteiger partial charge in [-0.2, -0.15) is 0 Å². The number of anilines is 1. The molecule has 0 amide bonds. The van der Waals surface area contributed by atoms with E-state index < -0.39 is 0 Å². The molecule has 0 unspecified atom stereocenters. The minimum absolute atomic E-state index is 0. The molecule has 4 rings (SSSR count). The number of hydrogen-bond donors (Lipinski definition) is 2. The van der Waals surface area contributed by atoms with Crippen molar-refractivity contribution in [2.24, 2.45) is 17.6 Å². The summed E-state index contributed by atoms with van der Waals surface area (Å²) in [6.07, 6.45) is 9.50. The first-order valence-corrected chi connectivity index (χ1v) is 12.1. The van der Waals surface area contributed by atoms with Crippen molar-refractivity contribution < 1.29 is 4.74 Å². The Morgan fingerprint density at radius 2 is 1.84 bits per heavy atom. The van der Waals surface area contributed by atoms with Gasteiger partial charge in [0.2, 0.25) is 0 Å². The minimum Gasteiger partial charge on any atom is -0.381 e. The van der Waals surface area contributed by atoms with E-state index >= 15 is 0 Å². The van der Waals surface area contributed by atoms with Crippen LogP contribution in [0.3, 0.4) is 0 Å². The molecule has 1 saturated heterocycles. The van der Waals surface area contributed by atoms with Crippen LogP contribution in [0.5, 0.6) is 0 Å². The van der Waals surface area contributed by atoms with Crippen molar-refractivity contribution in [1.82, 2.24) is 9.97 Å². The second-order valence-electron chi connectivity index (χ2n) is 8.60. The van der Waals surface area contributed by atoms with Crippen molar-refractivity contribution in [2.45, 2.75) is 58.4 Å². The number of nitrogens with one attached hydrogen (secondary N) is 1. The van der Waals surface area contributed by atoms with Gasteiger partial charge in [-0.3, -0.25) is 4.98 Å². The first-order valence-electron chi connectivity index (χ1n) is 11.0. The van der Waals surface area contributed by atoms with Gasteiger partial charge in [-0.25, -0.2) is 4.98 Å². The molecule has 0 atom stereocenters. The normalized spacial score (nSPS) is 22.0. The second kappa shape index (κ2) is 11.6. The predicted molar refractivity (Wildman–Crippen MR) is 133 cm³/mol. The first-order chi connectivity index (χ1) is 14.6. The van der Waals surface area contributed by atoms with Gasteiger partial charge >= 0.3 is 0 Å². The standard InChI is InChI=1S/C23H30BrClN4O.CH4/c24-20-5-6-22(28-13-16-7-9-30-10-8-16)29-23(20)19-12-18(27-14-21(19)25)11-15-1-3-17(26)4-2-15;/h5-6,12,14-17H,1-4,7-11,13,26H2,(H,28,29);1H4. The topological polar surface area (TPSA) is 73.1 Å². The predicted octanol–water partition coefficient (Wildman–Crippen LogP) is 6.09. The molecular weight excluding hydrogens is 476 g/mol. The van der Waals surface area contributed by atoms with Crippen LogP contribution in [0, 0.1) is 11.8 Å². The second-order valence-corrected chi connectivity index (χ2v) is 9.87. The van der Waals surface area contributed by atoms with E-state index in [2.05, 4.69) is 32.3 Å². The van der Waals surface area contributed by atoms with Gasteiger partial charge in [0.1, 0.15) is 5.82 Å². The number of ether oxygens (including phenoxy) is 1. The van der Waals surface area contributed by atoms with Gasteiger partial charge in [-0.1, -0.05) is 19.0 Å². The van der Waals surface area contributed by atoms with E-state index in [1.54, 1.807) is 6.20 Å². The zero-order valence-corrected chi connectivity index (χ0v) is 19.6. The summed E-state index contributed by atoms with van der Waals surface area (Å²) in [7, 11) is 0. The van der Waals surface area contributed by atoms with Crippen molar-refractivity contribution >= 4 is 33.3 Å². The average molecular weight is 510 g/mol. The van der Waals surface area contributed by atoms with E-state index in [1.165, 1.54) is 12.8 Å². The lowest BCUT2D eigenvalue weighted by Gasteiger charge is -2.25. The highest BCUT2D eigenvalue weighted by Crippen LogP contribution is 2.34. The summed E-state index contributed by atoms with van der Waals surface area (Å²) < 4.78 is 6.38. The van der Waals surface area contributed by atoms with Gasteiger partial charge in [-0.05, 0) is 90.9 Å². The molecule has 170 valence electrons. The van der Waals surface area contributed by atoms with Crippen LogP contribution >= 0.6 is 27.5 Å². The summed E-state index contributed by atoms with van der Waals surface area (Å²) in [5.41, 5.74) is 8.91. The third kappa shape index (κ3) is 6.64. The Kier molecular flexibility index (Phi) is 9.14. The molecule has 3 heterocycles. The van der Waals surface area contributed by atoms with Gasteiger partial charge < -0.3 is 15.8 Å². The number of nitrogens with two attached hydrogens (primary N) is 1. The molecule has 2 fully saturated rings. The van der Waals surface area contributed by atoms with Crippen molar-refractivity contribution in [1.29, 1.82) is 0 Å². The highest BCUT2D eigenvalue weighted by atomic mass is 79.9. The van der Waals surface area contributed by atoms with Gasteiger partial charge in [0, 0.05) is 47.7 Å². The van der Waals surface area contributed by atoms with Crippen LogP contribution in [0.25, 0.3) is 11.3 Å². The lowest BCUT2D eigenvalue weighted by atomic mass is 9.83. The van der Waals surface area contributed by atoms with Gasteiger partial charge in [-0.15, -0.1) is 0 Å². The molecule has 2 aromatic heterocycles. The molecule has 3 N–H and O–H groups in total. The summed E-state index contributed by atoms with van der Waals surface area (Å²) in [4.78, 5) is 9.46. The summed E-state index contributed by atoms with van der Waals surface area (Å²) in [6, 6.07) is 6.51. The van der Waals surface area contributed by atoms with Crippen LogP contribution in [0.4, 0.5) is 5.82 Å². The minimum atomic E-state index is 0. The van der Waals surface area contributed by atoms with Crippen LogP contribution in [0.1, 0.15) is 51.6 Å². The third-order valence-corrected chi connectivity index (χ3v) is 7.26. The van der Waals surface area contributed by atoms with Gasteiger partial charge in [0.05, 0.1) is 10.7 Å². The lowest BCUT2D eigenvalue weighted by molar-refractivity contribution is 0.0699. The van der Waals surface area contributed by atoms with Crippen molar-refractivity contribution in [3.8, 4) is 11.3 Å². The van der Waals surface area contributed by atoms with E-state index in [1.807, 2.05) is 12.1 Å². The van der Waals surface area contributed by atoms with Crippen LogP contribution in [0.15, 0.2) is 28.9 Å². The molecule has 0 aromatic carbocycles. The molecular formula is C24H34BrClN4O. The van der Waals surface area contributed by atoms with E-state index in [4.69, 9.17) is 27.1 Å². The highest BCUT2D eigenvalue weighted by Gasteiger charge is 2.20. The average Bonchev–Trinajstić information content (AvgIpc) is 2.77. The molecule has 5 nitrogen and oxygen atoms in total. The molecule has 1 saturated carbocycles. The van der Waals surface area contributed by atoms with Crippen molar-refractivity contribution in [3.63, 3.8) is 0 Å². The fourth-order valence-corrected chi connectivity index (χ4v) is 5.02. The molecule has 0 bridgehead atoms. The quantitative estimate of drug-likeness (QED) is 0.492. The number of hydrogen-bond acceptors (Lipinski definition) is 5. The number of pyridine rings is 2. The molecule has 2 aliphatic rings. The maximum Gasteiger partial charge on any atom is 0.126 e. The fourth-order valence-electron chi connectivity index (χ4n) is 4.39. The molecule has 2 aromatic rings. The van der Waals surface area contributed by atoms with Crippen molar-refractivity contribution in [2.75, 3.05) is 25.1 Å². The van der Waals surface area contributed by atoms with Crippen LogP contribution < -0.4 is 11.1 Å². The smallest absolute Gasteiger partial charge is 0.126 e. The SMILES string of the molecule is C.NC1CCC(Cc2cc(-c3nc(NCC4CCOCC4)ccc3Br)c(Cl)cn2)CC1. The largest absolute Gasteiger partial charge is 0.381 e. The van der Waals surface area contributed by atoms with Gasteiger partial charge in [0.25, 0.3) is 0 Å². The monoisotopic (exact) mass is 508 g/mol. The Morgan fingerprint density at radius 1 is 1.10 bits per heavy atom. The summed E-state index contributed by atoms with van der Waals surface area (Å²) >= 11 is 10.2. The van der Waals surface area contributed by atoms with Gasteiger partial charge in [0.15, 0.2) is 0 Å². The molecule has 1 aliphatic heterocycles. The fraction of sp³-hybridized carbons (Fsp3) is 0.583. The Hall–Kier alpha value is -1.21. The Morgan fingerprint density at radius 3 is 2.58 bits per heavy atom. The maximum atomic E-state index is 6.54. The van der Waals surface area contributed by atoms with Crippen LogP contribution in [-0.4, -0.2) is 35.8 Å². The van der Waals surface area contributed by atoms with Crippen molar-refractivity contribution in [3.05, 3.63) is 39.6 Å². The van der Waals surface area contributed by atoms with Crippen LogP contribution in [0.2, 0.25) is 5.02 Å². The molecule has 0 spiro atoms. The zero-order valence-electron chi connectivity index (χ0n) is 17.2. The Balaban J connectivity index is 0.00000272. The maximum absolute atomic E-state index is 6.54. The van der Waals surface area contributed by atoms with E-state index in [0.717, 1.165) is 79.1 Å².